The average Bonchev–Trinajstić information content (AvgIpc) is 2.88. The molecule has 0 atom stereocenters. The molecule has 1 heterocycles. The minimum atomic E-state index is -0.281. The van der Waals surface area contributed by atoms with Crippen LogP contribution in [-0.4, -0.2) is 22.8 Å². The number of nitrogens with one attached hydrogen (secondary N) is 1. The van der Waals surface area contributed by atoms with Crippen molar-refractivity contribution in [2.24, 2.45) is 0 Å². The fourth-order valence-corrected chi connectivity index (χ4v) is 2.21. The molecule has 0 unspecified atom stereocenters. The van der Waals surface area contributed by atoms with Crippen molar-refractivity contribution in [3.8, 4) is 0 Å². The Morgan fingerprint density at radius 3 is 3.00 bits per heavy atom. The molecule has 0 aromatic carbocycles. The lowest BCUT2D eigenvalue weighted by molar-refractivity contribution is 0.0517. The number of esters is 1. The first kappa shape index (κ1) is 10.2. The Morgan fingerprint density at radius 2 is 2.33 bits per heavy atom. The summed E-state index contributed by atoms with van der Waals surface area (Å²) < 4.78 is 4.98. The summed E-state index contributed by atoms with van der Waals surface area (Å²) in [7, 11) is 0. The molecule has 2 rings (SSSR count). The number of ether oxygens (including phenoxy) is 1. The van der Waals surface area contributed by atoms with Crippen LogP contribution in [0.4, 0.5) is 0 Å². The van der Waals surface area contributed by atoms with Gasteiger partial charge in [0.2, 0.25) is 0 Å². The van der Waals surface area contributed by atoms with Crippen LogP contribution in [0.2, 0.25) is 0 Å². The smallest absolute Gasteiger partial charge is 0.356 e. The topological polar surface area (TPSA) is 55.0 Å². The van der Waals surface area contributed by atoms with E-state index in [1.807, 2.05) is 6.92 Å². The SMILES string of the molecule is CCOC(=O)c1[nH]ncc1C1CCCC1. The van der Waals surface area contributed by atoms with Crippen LogP contribution in [0.1, 0.15) is 54.6 Å². The molecule has 1 aromatic heterocycles. The lowest BCUT2D eigenvalue weighted by Crippen LogP contribution is -2.09. The highest BCUT2D eigenvalue weighted by molar-refractivity contribution is 5.89. The molecule has 1 saturated carbocycles. The number of rotatable bonds is 3. The Bertz CT molecular complexity index is 340. The highest BCUT2D eigenvalue weighted by Crippen LogP contribution is 2.35. The zero-order valence-corrected chi connectivity index (χ0v) is 8.95. The summed E-state index contributed by atoms with van der Waals surface area (Å²) >= 11 is 0. The number of aromatic amines is 1. The summed E-state index contributed by atoms with van der Waals surface area (Å²) in [6, 6.07) is 0. The predicted octanol–water partition coefficient (Wildman–Crippen LogP) is 2.24. The zero-order chi connectivity index (χ0) is 10.7. The van der Waals surface area contributed by atoms with Crippen LogP contribution >= 0.6 is 0 Å². The van der Waals surface area contributed by atoms with E-state index in [2.05, 4.69) is 10.2 Å². The number of carbonyl (C=O) groups excluding carboxylic acids is 1. The van der Waals surface area contributed by atoms with E-state index in [-0.39, 0.29) is 5.97 Å². The van der Waals surface area contributed by atoms with Crippen LogP contribution in [0.25, 0.3) is 0 Å². The first-order chi connectivity index (χ1) is 7.33. The number of nitrogens with zero attached hydrogens (tertiary/aromatic N) is 1. The van der Waals surface area contributed by atoms with Gasteiger partial charge >= 0.3 is 5.97 Å². The Labute approximate surface area is 89.0 Å². The van der Waals surface area contributed by atoms with Gasteiger partial charge in [0.1, 0.15) is 5.69 Å². The van der Waals surface area contributed by atoms with Crippen LogP contribution in [0, 0.1) is 0 Å². The van der Waals surface area contributed by atoms with Gasteiger partial charge in [0, 0.05) is 5.56 Å². The van der Waals surface area contributed by atoms with Crippen molar-refractivity contribution in [3.05, 3.63) is 17.5 Å². The van der Waals surface area contributed by atoms with E-state index in [9.17, 15) is 4.79 Å². The molecule has 1 N–H and O–H groups in total. The highest BCUT2D eigenvalue weighted by Gasteiger charge is 2.24. The highest BCUT2D eigenvalue weighted by atomic mass is 16.5. The largest absolute Gasteiger partial charge is 0.461 e. The molecule has 4 heteroatoms. The third-order valence-corrected chi connectivity index (χ3v) is 2.94. The number of hydrogen-bond acceptors (Lipinski definition) is 3. The third-order valence-electron chi connectivity index (χ3n) is 2.94. The van der Waals surface area contributed by atoms with Gasteiger partial charge in [-0.05, 0) is 25.7 Å². The molecular weight excluding hydrogens is 192 g/mol. The van der Waals surface area contributed by atoms with Gasteiger partial charge in [0.25, 0.3) is 0 Å². The predicted molar refractivity (Wildman–Crippen MR) is 55.8 cm³/mol. The fourth-order valence-electron chi connectivity index (χ4n) is 2.21. The van der Waals surface area contributed by atoms with Crippen molar-refractivity contribution in [1.29, 1.82) is 0 Å². The van der Waals surface area contributed by atoms with Gasteiger partial charge in [-0.3, -0.25) is 5.10 Å². The van der Waals surface area contributed by atoms with Crippen molar-refractivity contribution in [1.82, 2.24) is 10.2 Å². The third kappa shape index (κ3) is 2.03. The molecular formula is C11H16N2O2. The van der Waals surface area contributed by atoms with E-state index < -0.39 is 0 Å². The molecule has 15 heavy (non-hydrogen) atoms. The molecule has 0 spiro atoms. The molecule has 0 amide bonds. The summed E-state index contributed by atoms with van der Waals surface area (Å²) in [5, 5.41) is 6.69. The molecule has 1 aromatic rings. The lowest BCUT2D eigenvalue weighted by Gasteiger charge is -2.08. The van der Waals surface area contributed by atoms with E-state index >= 15 is 0 Å². The van der Waals surface area contributed by atoms with Crippen molar-refractivity contribution in [2.45, 2.75) is 38.5 Å². The summed E-state index contributed by atoms with van der Waals surface area (Å²) in [4.78, 5) is 11.6. The zero-order valence-electron chi connectivity index (χ0n) is 8.95. The van der Waals surface area contributed by atoms with E-state index in [1.54, 1.807) is 6.20 Å². The van der Waals surface area contributed by atoms with Crippen molar-refractivity contribution in [2.75, 3.05) is 6.61 Å². The molecule has 0 saturated heterocycles. The second kappa shape index (κ2) is 4.47. The van der Waals surface area contributed by atoms with E-state index in [0.717, 1.165) is 18.4 Å². The normalized spacial score (nSPS) is 16.9. The van der Waals surface area contributed by atoms with Crippen LogP contribution in [0.3, 0.4) is 0 Å². The van der Waals surface area contributed by atoms with E-state index in [0.29, 0.717) is 18.2 Å². The quantitative estimate of drug-likeness (QED) is 0.775. The monoisotopic (exact) mass is 208 g/mol. The molecule has 1 aliphatic rings. The molecule has 1 aliphatic carbocycles. The van der Waals surface area contributed by atoms with Crippen molar-refractivity contribution >= 4 is 5.97 Å². The van der Waals surface area contributed by atoms with Crippen molar-refractivity contribution in [3.63, 3.8) is 0 Å². The molecule has 0 bridgehead atoms. The molecule has 0 radical (unpaired) electrons. The second-order valence-corrected chi connectivity index (χ2v) is 3.90. The molecule has 1 fully saturated rings. The maximum atomic E-state index is 11.6. The van der Waals surface area contributed by atoms with Gasteiger partial charge in [-0.1, -0.05) is 12.8 Å². The number of carbonyl (C=O) groups is 1. The summed E-state index contributed by atoms with van der Waals surface area (Å²) in [5.41, 5.74) is 1.58. The van der Waals surface area contributed by atoms with Gasteiger partial charge in [0.15, 0.2) is 0 Å². The van der Waals surface area contributed by atoms with E-state index in [4.69, 9.17) is 4.74 Å². The second-order valence-electron chi connectivity index (χ2n) is 3.90. The van der Waals surface area contributed by atoms with Gasteiger partial charge in [0.05, 0.1) is 12.8 Å². The maximum Gasteiger partial charge on any atom is 0.356 e. The van der Waals surface area contributed by atoms with Crippen LogP contribution in [0.15, 0.2) is 6.20 Å². The molecule has 0 aliphatic heterocycles. The first-order valence-corrected chi connectivity index (χ1v) is 5.53. The average molecular weight is 208 g/mol. The molecule has 4 nitrogen and oxygen atoms in total. The Balaban J connectivity index is 2.17. The Kier molecular flexibility index (Phi) is 3.04. The molecule has 82 valence electrons. The lowest BCUT2D eigenvalue weighted by atomic mass is 9.98. The van der Waals surface area contributed by atoms with Gasteiger partial charge in [-0.2, -0.15) is 5.10 Å². The van der Waals surface area contributed by atoms with Crippen LogP contribution in [-0.2, 0) is 4.74 Å². The standard InChI is InChI=1S/C11H16N2O2/c1-2-15-11(14)10-9(7-12-13-10)8-5-3-4-6-8/h7-8H,2-6H2,1H3,(H,12,13). The summed E-state index contributed by atoms with van der Waals surface area (Å²) in [6.07, 6.45) is 6.58. The Hall–Kier alpha value is -1.32. The fraction of sp³-hybridized carbons (Fsp3) is 0.636. The Morgan fingerprint density at radius 1 is 1.60 bits per heavy atom. The first-order valence-electron chi connectivity index (χ1n) is 5.53. The van der Waals surface area contributed by atoms with Gasteiger partial charge < -0.3 is 4.74 Å². The van der Waals surface area contributed by atoms with Crippen molar-refractivity contribution < 1.29 is 9.53 Å². The van der Waals surface area contributed by atoms with Crippen LogP contribution in [0.5, 0.6) is 0 Å². The summed E-state index contributed by atoms with van der Waals surface area (Å²) in [5.74, 6) is 0.208. The minimum absolute atomic E-state index is 0.281. The van der Waals surface area contributed by atoms with E-state index in [1.165, 1.54) is 12.8 Å². The van der Waals surface area contributed by atoms with Gasteiger partial charge in [-0.25, -0.2) is 4.79 Å². The number of hydrogen-bond donors (Lipinski definition) is 1. The summed E-state index contributed by atoms with van der Waals surface area (Å²) in [6.45, 7) is 2.21. The van der Waals surface area contributed by atoms with Gasteiger partial charge in [-0.15, -0.1) is 0 Å². The minimum Gasteiger partial charge on any atom is -0.461 e. The number of H-pyrrole nitrogens is 1. The maximum absolute atomic E-state index is 11.6. The van der Waals surface area contributed by atoms with Crippen LogP contribution < -0.4 is 0 Å². The number of aromatic nitrogens is 2.